The second-order valence-corrected chi connectivity index (χ2v) is 10.3. The van der Waals surface area contributed by atoms with Gasteiger partial charge in [-0.3, -0.25) is 9.59 Å². The molecule has 0 aliphatic carbocycles. The van der Waals surface area contributed by atoms with Gasteiger partial charge in [-0.2, -0.15) is 0 Å². The summed E-state index contributed by atoms with van der Waals surface area (Å²) in [5.74, 6) is -2.49. The fourth-order valence-corrected chi connectivity index (χ4v) is 4.88. The molecular formula is C27H27BrN2O4S. The Morgan fingerprint density at radius 3 is 2.26 bits per heavy atom. The first-order valence-electron chi connectivity index (χ1n) is 11.2. The summed E-state index contributed by atoms with van der Waals surface area (Å²) in [5.41, 5.74) is 2.25. The molecule has 0 fully saturated rings. The molecule has 3 aromatic rings. The van der Waals surface area contributed by atoms with Crippen LogP contribution in [0, 0.1) is 5.92 Å². The third kappa shape index (κ3) is 7.90. The highest BCUT2D eigenvalue weighted by molar-refractivity contribution is 9.10. The van der Waals surface area contributed by atoms with Gasteiger partial charge in [0.05, 0.1) is 5.41 Å². The van der Waals surface area contributed by atoms with Crippen molar-refractivity contribution in [3.8, 4) is 0 Å². The number of benzene rings is 3. The number of nitrogens with one attached hydrogen (secondary N) is 1. The molecule has 35 heavy (non-hydrogen) atoms. The maximum Gasteiger partial charge on any atom is 0.257 e. The summed E-state index contributed by atoms with van der Waals surface area (Å²) in [4.78, 5) is 28.2. The van der Waals surface area contributed by atoms with Crippen molar-refractivity contribution in [3.63, 3.8) is 0 Å². The molecule has 0 aromatic heterocycles. The van der Waals surface area contributed by atoms with Crippen LogP contribution < -0.4 is 9.62 Å². The molecule has 182 valence electrons. The number of carbonyl (C=O) groups excluding carboxylic acids is 2. The predicted octanol–water partition coefficient (Wildman–Crippen LogP) is 5.17. The van der Waals surface area contributed by atoms with Gasteiger partial charge < -0.3 is 4.90 Å². The Bertz CT molecular complexity index is 1280. The van der Waals surface area contributed by atoms with Crippen LogP contribution in [-0.4, -0.2) is 26.8 Å². The molecule has 0 aliphatic heterocycles. The molecule has 0 bridgehead atoms. The molecule has 0 saturated carbocycles. The molecule has 0 radical (unpaired) electrons. The van der Waals surface area contributed by atoms with Crippen LogP contribution in [0.3, 0.4) is 0 Å². The molecule has 1 unspecified atom stereocenters. The zero-order valence-electron chi connectivity index (χ0n) is 19.3. The Morgan fingerprint density at radius 1 is 0.971 bits per heavy atom. The van der Waals surface area contributed by atoms with Gasteiger partial charge in [0.25, 0.3) is 10.0 Å². The first-order chi connectivity index (χ1) is 16.8. The standard InChI is InChI=1S/C27H27BrN2O4S/c1-2-30(24-14-7-4-8-15-24)27(32)25(17-16-22-12-9-13-23(28)20-22)26(31)29-35(33,34)19-18-21-10-5-3-6-11-21/h3-15,18-20,25H,2,16-17H2,1H3,(H,29,31). The number of amides is 2. The number of rotatable bonds is 10. The Balaban J connectivity index is 1.83. The summed E-state index contributed by atoms with van der Waals surface area (Å²) in [5, 5.41) is 0.935. The highest BCUT2D eigenvalue weighted by Gasteiger charge is 2.32. The first-order valence-corrected chi connectivity index (χ1v) is 13.5. The maximum absolute atomic E-state index is 13.5. The van der Waals surface area contributed by atoms with E-state index in [2.05, 4.69) is 20.7 Å². The summed E-state index contributed by atoms with van der Waals surface area (Å²) < 4.78 is 28.2. The average molecular weight is 555 g/mol. The van der Waals surface area contributed by atoms with Gasteiger partial charge >= 0.3 is 0 Å². The van der Waals surface area contributed by atoms with E-state index in [1.807, 2.05) is 43.3 Å². The van der Waals surface area contributed by atoms with Gasteiger partial charge in [0.15, 0.2) is 0 Å². The lowest BCUT2D eigenvalue weighted by Crippen LogP contribution is -2.45. The summed E-state index contributed by atoms with van der Waals surface area (Å²) in [7, 11) is -4.10. The Morgan fingerprint density at radius 2 is 1.63 bits per heavy atom. The average Bonchev–Trinajstić information content (AvgIpc) is 2.84. The number of carbonyl (C=O) groups is 2. The van der Waals surface area contributed by atoms with Crippen molar-refractivity contribution in [1.29, 1.82) is 0 Å². The van der Waals surface area contributed by atoms with Gasteiger partial charge in [-0.05, 0) is 61.2 Å². The van der Waals surface area contributed by atoms with Gasteiger partial charge in [0.2, 0.25) is 11.8 Å². The topological polar surface area (TPSA) is 83.6 Å². The molecule has 3 rings (SSSR count). The minimum atomic E-state index is -4.10. The molecule has 0 aliphatic rings. The lowest BCUT2D eigenvalue weighted by Gasteiger charge is -2.26. The number of halogens is 1. The molecule has 1 N–H and O–H groups in total. The van der Waals surface area contributed by atoms with E-state index in [1.54, 1.807) is 48.5 Å². The van der Waals surface area contributed by atoms with Gasteiger partial charge in [-0.1, -0.05) is 76.6 Å². The molecule has 8 heteroatoms. The van der Waals surface area contributed by atoms with Crippen LogP contribution in [-0.2, 0) is 26.0 Å². The molecule has 1 atom stereocenters. The monoisotopic (exact) mass is 554 g/mol. The van der Waals surface area contributed by atoms with E-state index in [0.29, 0.717) is 24.2 Å². The van der Waals surface area contributed by atoms with Crippen LogP contribution in [0.25, 0.3) is 6.08 Å². The summed E-state index contributed by atoms with van der Waals surface area (Å²) in [6.07, 6.45) is 1.98. The highest BCUT2D eigenvalue weighted by Crippen LogP contribution is 2.21. The highest BCUT2D eigenvalue weighted by atomic mass is 79.9. The minimum absolute atomic E-state index is 0.155. The SMILES string of the molecule is CCN(C(=O)C(CCc1cccc(Br)c1)C(=O)NS(=O)(=O)C=Cc1ccccc1)c1ccccc1. The fraction of sp³-hybridized carbons (Fsp3) is 0.185. The molecule has 6 nitrogen and oxygen atoms in total. The number of aryl methyl sites for hydroxylation is 1. The normalized spacial score (nSPS) is 12.3. The minimum Gasteiger partial charge on any atom is -0.312 e. The van der Waals surface area contributed by atoms with Crippen LogP contribution in [0.4, 0.5) is 5.69 Å². The number of para-hydroxylation sites is 1. The van der Waals surface area contributed by atoms with E-state index in [0.717, 1.165) is 15.4 Å². The summed E-state index contributed by atoms with van der Waals surface area (Å²) >= 11 is 3.43. The summed E-state index contributed by atoms with van der Waals surface area (Å²) in [6.45, 7) is 2.15. The Labute approximate surface area is 214 Å². The Kier molecular flexibility index (Phi) is 9.39. The number of nitrogens with zero attached hydrogens (tertiary/aromatic N) is 1. The van der Waals surface area contributed by atoms with Crippen molar-refractivity contribution in [2.75, 3.05) is 11.4 Å². The van der Waals surface area contributed by atoms with Crippen LogP contribution in [0.15, 0.2) is 94.8 Å². The van der Waals surface area contributed by atoms with Crippen LogP contribution in [0.5, 0.6) is 0 Å². The van der Waals surface area contributed by atoms with Crippen molar-refractivity contribution in [2.24, 2.45) is 5.92 Å². The largest absolute Gasteiger partial charge is 0.312 e. The molecule has 0 saturated heterocycles. The van der Waals surface area contributed by atoms with E-state index in [4.69, 9.17) is 0 Å². The van der Waals surface area contributed by atoms with Crippen LogP contribution >= 0.6 is 15.9 Å². The number of hydrogen-bond donors (Lipinski definition) is 1. The molecule has 3 aromatic carbocycles. The third-order valence-electron chi connectivity index (χ3n) is 5.36. The van der Waals surface area contributed by atoms with Crippen molar-refractivity contribution < 1.29 is 18.0 Å². The number of sulfonamides is 1. The van der Waals surface area contributed by atoms with Crippen LogP contribution in [0.1, 0.15) is 24.5 Å². The van der Waals surface area contributed by atoms with Crippen molar-refractivity contribution in [2.45, 2.75) is 19.8 Å². The maximum atomic E-state index is 13.5. The van der Waals surface area contributed by atoms with Crippen molar-refractivity contribution >= 4 is 49.5 Å². The lowest BCUT2D eigenvalue weighted by molar-refractivity contribution is -0.132. The molecule has 2 amide bonds. The number of anilines is 1. The van der Waals surface area contributed by atoms with Gasteiger partial charge in [0, 0.05) is 16.7 Å². The van der Waals surface area contributed by atoms with E-state index in [-0.39, 0.29) is 6.42 Å². The van der Waals surface area contributed by atoms with Gasteiger partial charge in [0.1, 0.15) is 5.92 Å². The smallest absolute Gasteiger partial charge is 0.257 e. The van der Waals surface area contributed by atoms with E-state index in [1.165, 1.54) is 11.0 Å². The zero-order chi connectivity index (χ0) is 25.3. The van der Waals surface area contributed by atoms with Gasteiger partial charge in [-0.15, -0.1) is 0 Å². The van der Waals surface area contributed by atoms with Gasteiger partial charge in [-0.25, -0.2) is 13.1 Å². The van der Waals surface area contributed by atoms with Crippen LogP contribution in [0.2, 0.25) is 0 Å². The van der Waals surface area contributed by atoms with Crippen molar-refractivity contribution in [1.82, 2.24) is 4.72 Å². The third-order valence-corrected chi connectivity index (χ3v) is 6.83. The second kappa shape index (κ2) is 12.5. The predicted molar refractivity (Wildman–Crippen MR) is 143 cm³/mol. The number of hydrogen-bond acceptors (Lipinski definition) is 4. The van der Waals surface area contributed by atoms with E-state index >= 15 is 0 Å². The quantitative estimate of drug-likeness (QED) is 0.350. The first kappa shape index (κ1) is 26.4. The van der Waals surface area contributed by atoms with Crippen molar-refractivity contribution in [3.05, 3.63) is 106 Å². The van der Waals surface area contributed by atoms with E-state index in [9.17, 15) is 18.0 Å². The zero-order valence-corrected chi connectivity index (χ0v) is 21.7. The molecule has 0 heterocycles. The van der Waals surface area contributed by atoms with E-state index < -0.39 is 27.8 Å². The Hall–Kier alpha value is -3.23. The lowest BCUT2D eigenvalue weighted by atomic mass is 9.97. The molecular weight excluding hydrogens is 528 g/mol. The summed E-state index contributed by atoms with van der Waals surface area (Å²) in [6, 6.07) is 25.5. The fourth-order valence-electron chi connectivity index (χ4n) is 3.61. The molecule has 0 spiro atoms. The second-order valence-electron chi connectivity index (χ2n) is 7.86.